The molecule has 2 aromatic heterocycles. The van der Waals surface area contributed by atoms with Gasteiger partial charge in [-0.3, -0.25) is 4.79 Å². The van der Waals surface area contributed by atoms with Crippen molar-refractivity contribution >= 4 is 28.6 Å². The number of aromatic nitrogens is 2. The second-order valence-corrected chi connectivity index (χ2v) is 8.64. The molecule has 4 heterocycles. The second kappa shape index (κ2) is 6.68. The van der Waals surface area contributed by atoms with Gasteiger partial charge in [-0.05, 0) is 48.9 Å². The Morgan fingerprint density at radius 3 is 2.73 bits per heavy atom. The third kappa shape index (κ3) is 2.45. The number of carbonyl (C=O) groups excluding carboxylic acids is 1. The van der Waals surface area contributed by atoms with Gasteiger partial charge in [0.05, 0.1) is 29.0 Å². The van der Waals surface area contributed by atoms with E-state index in [0.29, 0.717) is 23.4 Å². The zero-order chi connectivity index (χ0) is 21.2. The molecule has 0 spiro atoms. The van der Waals surface area contributed by atoms with Crippen LogP contribution >= 0.6 is 11.8 Å². The molecule has 0 saturated carbocycles. The number of rotatable bonds is 3. The van der Waals surface area contributed by atoms with Crippen LogP contribution in [0.2, 0.25) is 0 Å². The lowest BCUT2D eigenvalue weighted by Crippen LogP contribution is -2.44. The number of esters is 1. The Morgan fingerprint density at radius 1 is 1.23 bits per heavy atom. The summed E-state index contributed by atoms with van der Waals surface area (Å²) in [6, 6.07) is 7.98. The minimum absolute atomic E-state index is 0.112. The molecule has 2 aliphatic rings. The number of fused-ring (bicyclic) bond motifs is 5. The summed E-state index contributed by atoms with van der Waals surface area (Å²) >= 11 is 1.69. The Morgan fingerprint density at radius 2 is 2.03 bits per heavy atom. The van der Waals surface area contributed by atoms with E-state index in [2.05, 4.69) is 13.0 Å². The number of hydrogen-bond acceptors (Lipinski definition) is 6. The lowest BCUT2D eigenvalue weighted by Gasteiger charge is -2.31. The highest BCUT2D eigenvalue weighted by Gasteiger charge is 2.45. The monoisotopic (exact) mass is 422 g/mol. The number of carbonyl (C=O) groups is 1. The van der Waals surface area contributed by atoms with Crippen molar-refractivity contribution in [3.63, 3.8) is 0 Å². The lowest BCUT2D eigenvalue weighted by atomic mass is 9.86. The molecule has 0 aliphatic carbocycles. The standard InChI is InChI=1S/C23H22N2O4S/c1-4-13-14-8-12(30-3)6-7-18(14)24-20-15(13)10-25-19(20)9-17-16(21(25)26)11-29-22(27)23(17,28)5-2/h6-9,28H,4-5,10-11H2,1-3H3/t23-/m0/s1. The van der Waals surface area contributed by atoms with Gasteiger partial charge >= 0.3 is 5.97 Å². The molecule has 1 N–H and O–H groups in total. The van der Waals surface area contributed by atoms with Gasteiger partial charge in [-0.2, -0.15) is 0 Å². The van der Waals surface area contributed by atoms with Gasteiger partial charge in [0.2, 0.25) is 0 Å². The van der Waals surface area contributed by atoms with Crippen LogP contribution in [0, 0.1) is 0 Å². The summed E-state index contributed by atoms with van der Waals surface area (Å²) in [5.74, 6) is -0.703. The summed E-state index contributed by atoms with van der Waals surface area (Å²) in [7, 11) is 0. The largest absolute Gasteiger partial charge is 0.458 e. The minimum atomic E-state index is -1.80. The number of cyclic esters (lactones) is 1. The van der Waals surface area contributed by atoms with E-state index in [1.807, 2.05) is 18.4 Å². The van der Waals surface area contributed by atoms with Crippen LogP contribution in [-0.2, 0) is 34.7 Å². The highest BCUT2D eigenvalue weighted by molar-refractivity contribution is 7.98. The number of benzene rings is 1. The van der Waals surface area contributed by atoms with Crippen molar-refractivity contribution in [1.29, 1.82) is 0 Å². The van der Waals surface area contributed by atoms with E-state index < -0.39 is 11.6 Å². The SMILES string of the molecule is CCc1c2c(nc3ccc(SC)cc13)-c1cc3c(c(=O)n1C2)COC(=O)[C@]3(O)CC. The normalized spacial score (nSPS) is 19.4. The van der Waals surface area contributed by atoms with Gasteiger partial charge in [-0.15, -0.1) is 11.8 Å². The van der Waals surface area contributed by atoms with Crippen LogP contribution in [0.25, 0.3) is 22.3 Å². The van der Waals surface area contributed by atoms with E-state index in [4.69, 9.17) is 9.72 Å². The van der Waals surface area contributed by atoms with Crippen molar-refractivity contribution in [2.75, 3.05) is 6.26 Å². The summed E-state index contributed by atoms with van der Waals surface area (Å²) in [5.41, 5.74) is 3.19. The predicted molar refractivity (Wildman–Crippen MR) is 116 cm³/mol. The Labute approximate surface area is 177 Å². The van der Waals surface area contributed by atoms with Crippen molar-refractivity contribution in [1.82, 2.24) is 9.55 Å². The highest BCUT2D eigenvalue weighted by Crippen LogP contribution is 2.40. The zero-order valence-electron chi connectivity index (χ0n) is 17.1. The third-order valence-electron chi connectivity index (χ3n) is 6.37. The number of aryl methyl sites for hydroxylation is 1. The molecule has 154 valence electrons. The number of hydrogen-bond donors (Lipinski definition) is 1. The molecular formula is C23H22N2O4S. The molecule has 0 bridgehead atoms. The molecule has 1 atom stereocenters. The maximum absolute atomic E-state index is 13.3. The summed E-state index contributed by atoms with van der Waals surface area (Å²) in [4.78, 5) is 31.7. The first-order valence-corrected chi connectivity index (χ1v) is 11.3. The average molecular weight is 423 g/mol. The van der Waals surface area contributed by atoms with E-state index in [1.54, 1.807) is 29.3 Å². The van der Waals surface area contributed by atoms with E-state index in [-0.39, 0.29) is 18.6 Å². The summed E-state index contributed by atoms with van der Waals surface area (Å²) in [5, 5.41) is 12.1. The highest BCUT2D eigenvalue weighted by atomic mass is 32.2. The number of pyridine rings is 2. The molecule has 0 radical (unpaired) electrons. The molecule has 7 heteroatoms. The quantitative estimate of drug-likeness (QED) is 0.403. The minimum Gasteiger partial charge on any atom is -0.458 e. The van der Waals surface area contributed by atoms with E-state index in [1.165, 1.54) is 10.5 Å². The molecule has 30 heavy (non-hydrogen) atoms. The van der Waals surface area contributed by atoms with Gasteiger partial charge < -0.3 is 14.4 Å². The molecule has 3 aromatic rings. The summed E-state index contributed by atoms with van der Waals surface area (Å²) in [6.45, 7) is 4.14. The molecule has 0 unspecified atom stereocenters. The third-order valence-corrected chi connectivity index (χ3v) is 7.09. The number of thioether (sulfide) groups is 1. The fourth-order valence-electron chi connectivity index (χ4n) is 4.67. The molecule has 0 amide bonds. The van der Waals surface area contributed by atoms with Crippen molar-refractivity contribution in [2.24, 2.45) is 0 Å². The number of aliphatic hydroxyl groups is 1. The van der Waals surface area contributed by atoms with Gasteiger partial charge in [0.15, 0.2) is 5.60 Å². The maximum Gasteiger partial charge on any atom is 0.343 e. The Kier molecular flexibility index (Phi) is 4.31. The van der Waals surface area contributed by atoms with Crippen LogP contribution in [0.4, 0.5) is 0 Å². The van der Waals surface area contributed by atoms with Gasteiger partial charge in [0.25, 0.3) is 5.56 Å². The molecule has 0 fully saturated rings. The second-order valence-electron chi connectivity index (χ2n) is 7.76. The molecule has 1 aromatic carbocycles. The Hall–Kier alpha value is -2.64. The summed E-state index contributed by atoms with van der Waals surface area (Å²) < 4.78 is 6.84. The zero-order valence-corrected chi connectivity index (χ0v) is 17.9. The van der Waals surface area contributed by atoms with Gasteiger partial charge in [-0.1, -0.05) is 13.8 Å². The predicted octanol–water partition coefficient (Wildman–Crippen LogP) is 3.36. The molecule has 0 saturated heterocycles. The summed E-state index contributed by atoms with van der Waals surface area (Å²) in [6.07, 6.45) is 3.01. The van der Waals surface area contributed by atoms with Crippen LogP contribution in [0.15, 0.2) is 34.0 Å². The van der Waals surface area contributed by atoms with E-state index >= 15 is 0 Å². The topological polar surface area (TPSA) is 81.4 Å². The lowest BCUT2D eigenvalue weighted by molar-refractivity contribution is -0.172. The molecule has 6 nitrogen and oxygen atoms in total. The van der Waals surface area contributed by atoms with E-state index in [9.17, 15) is 14.7 Å². The van der Waals surface area contributed by atoms with Gasteiger partial charge in [0, 0.05) is 21.4 Å². The molecular weight excluding hydrogens is 400 g/mol. The van der Waals surface area contributed by atoms with Gasteiger partial charge in [-0.25, -0.2) is 9.78 Å². The fourth-order valence-corrected chi connectivity index (χ4v) is 5.11. The smallest absolute Gasteiger partial charge is 0.343 e. The Balaban J connectivity index is 1.81. The van der Waals surface area contributed by atoms with Crippen LogP contribution in [0.3, 0.4) is 0 Å². The molecule has 2 aliphatic heterocycles. The number of ether oxygens (including phenoxy) is 1. The van der Waals surface area contributed by atoms with Crippen LogP contribution < -0.4 is 5.56 Å². The van der Waals surface area contributed by atoms with Gasteiger partial charge in [0.1, 0.15) is 6.61 Å². The van der Waals surface area contributed by atoms with Crippen molar-refractivity contribution < 1.29 is 14.6 Å². The van der Waals surface area contributed by atoms with Crippen molar-refractivity contribution in [2.45, 2.75) is 50.3 Å². The average Bonchev–Trinajstić information content (AvgIpc) is 3.13. The first-order valence-electron chi connectivity index (χ1n) is 10.1. The first-order chi connectivity index (χ1) is 14.4. The first kappa shape index (κ1) is 19.3. The van der Waals surface area contributed by atoms with Crippen LogP contribution in [-0.4, -0.2) is 26.9 Å². The Bertz CT molecular complexity index is 1300. The number of nitrogens with zero attached hydrogens (tertiary/aromatic N) is 2. The van der Waals surface area contributed by atoms with Crippen LogP contribution in [0.1, 0.15) is 42.5 Å². The maximum atomic E-state index is 13.3. The molecule has 5 rings (SSSR count). The fraction of sp³-hybridized carbons (Fsp3) is 0.348. The van der Waals surface area contributed by atoms with Crippen molar-refractivity contribution in [3.8, 4) is 11.4 Å². The van der Waals surface area contributed by atoms with Crippen LogP contribution in [0.5, 0.6) is 0 Å². The van der Waals surface area contributed by atoms with Crippen molar-refractivity contribution in [3.05, 3.63) is 56.9 Å². The van der Waals surface area contributed by atoms with E-state index in [0.717, 1.165) is 28.6 Å².